The summed E-state index contributed by atoms with van der Waals surface area (Å²) in [5, 5.41) is 7.05. The van der Waals surface area contributed by atoms with Crippen LogP contribution in [0.1, 0.15) is 79.4 Å². The van der Waals surface area contributed by atoms with Crippen LogP contribution < -0.4 is 15.6 Å². The Balaban J connectivity index is 0.000000240. The Morgan fingerprint density at radius 1 is 0.727 bits per heavy atom. The normalized spacial score (nSPS) is 19.1. The third-order valence-electron chi connectivity index (χ3n) is 7.98. The van der Waals surface area contributed by atoms with Crippen LogP contribution in [-0.4, -0.2) is 25.5 Å². The van der Waals surface area contributed by atoms with Gasteiger partial charge < -0.3 is 10.6 Å². The number of hydrogen-bond donors (Lipinski definition) is 3. The van der Waals surface area contributed by atoms with Gasteiger partial charge in [-0.25, -0.2) is 4.99 Å². The molecule has 4 rings (SSSR count). The lowest BCUT2D eigenvalue weighted by molar-refractivity contribution is -0.450. The molecular formula is C40H53N4+. The Kier molecular flexibility index (Phi) is 13.0. The van der Waals surface area contributed by atoms with Crippen LogP contribution in [0.5, 0.6) is 0 Å². The van der Waals surface area contributed by atoms with Crippen molar-refractivity contribution in [3.05, 3.63) is 131 Å². The van der Waals surface area contributed by atoms with Crippen molar-refractivity contribution >= 4 is 23.8 Å². The fourth-order valence-electron chi connectivity index (χ4n) is 5.16. The molecule has 2 aliphatic heterocycles. The van der Waals surface area contributed by atoms with E-state index in [9.17, 15) is 0 Å². The molecule has 0 aliphatic carbocycles. The molecule has 44 heavy (non-hydrogen) atoms. The Hall–Kier alpha value is -4.18. The van der Waals surface area contributed by atoms with Gasteiger partial charge in [-0.1, -0.05) is 102 Å². The van der Waals surface area contributed by atoms with Crippen molar-refractivity contribution in [2.24, 2.45) is 4.99 Å². The molecule has 0 saturated heterocycles. The van der Waals surface area contributed by atoms with Crippen molar-refractivity contribution in [2.75, 3.05) is 23.7 Å². The minimum absolute atomic E-state index is 0.0289. The van der Waals surface area contributed by atoms with E-state index in [0.717, 1.165) is 25.9 Å². The van der Waals surface area contributed by atoms with E-state index < -0.39 is 0 Å². The molecule has 2 aromatic carbocycles. The summed E-state index contributed by atoms with van der Waals surface area (Å²) >= 11 is 0. The summed E-state index contributed by atoms with van der Waals surface area (Å²) in [6.07, 6.45) is 23.1. The van der Waals surface area contributed by atoms with E-state index in [4.69, 9.17) is 0 Å². The molecule has 0 amide bonds. The molecule has 0 bridgehead atoms. The first-order valence-corrected chi connectivity index (χ1v) is 16.0. The number of fused-ring (bicyclic) bond motifs is 2. The molecule has 0 spiro atoms. The molecule has 4 nitrogen and oxygen atoms in total. The van der Waals surface area contributed by atoms with Crippen molar-refractivity contribution < 1.29 is 4.99 Å². The minimum Gasteiger partial charge on any atom is -0.358 e. The predicted octanol–water partition coefficient (Wildman–Crippen LogP) is 8.59. The second-order valence-electron chi connectivity index (χ2n) is 12.5. The van der Waals surface area contributed by atoms with Gasteiger partial charge >= 0.3 is 0 Å². The lowest BCUT2D eigenvalue weighted by atomic mass is 9.84. The van der Waals surface area contributed by atoms with E-state index in [1.807, 2.05) is 18.5 Å². The lowest BCUT2D eigenvalue weighted by Gasteiger charge is -2.19. The molecule has 0 fully saturated rings. The van der Waals surface area contributed by atoms with Gasteiger partial charge in [-0.2, -0.15) is 0 Å². The van der Waals surface area contributed by atoms with E-state index in [0.29, 0.717) is 0 Å². The number of allylic oxidation sites excluding steroid dienone is 12. The van der Waals surface area contributed by atoms with E-state index in [2.05, 4.69) is 167 Å². The van der Waals surface area contributed by atoms with Crippen molar-refractivity contribution in [3.63, 3.8) is 0 Å². The highest BCUT2D eigenvalue weighted by atomic mass is 15.0. The van der Waals surface area contributed by atoms with E-state index >= 15 is 0 Å². The highest BCUT2D eigenvalue weighted by Crippen LogP contribution is 2.43. The fraction of sp³-hybridized carbons (Fsp3) is 0.350. The Morgan fingerprint density at radius 3 is 1.70 bits per heavy atom. The second-order valence-corrected chi connectivity index (χ2v) is 12.5. The van der Waals surface area contributed by atoms with Gasteiger partial charge in [0.05, 0.1) is 0 Å². The summed E-state index contributed by atoms with van der Waals surface area (Å²) in [7, 11) is 0. The monoisotopic (exact) mass is 589 g/mol. The zero-order valence-corrected chi connectivity index (χ0v) is 28.2. The molecule has 232 valence electrons. The average molecular weight is 590 g/mol. The van der Waals surface area contributed by atoms with Crippen LogP contribution >= 0.6 is 0 Å². The zero-order valence-electron chi connectivity index (χ0n) is 28.2. The Morgan fingerprint density at radius 2 is 1.23 bits per heavy atom. The van der Waals surface area contributed by atoms with Gasteiger partial charge in [0.25, 0.3) is 0 Å². The molecule has 0 unspecified atom stereocenters. The molecule has 0 radical (unpaired) electrons. The van der Waals surface area contributed by atoms with Gasteiger partial charge in [-0.3, -0.25) is 4.99 Å². The molecule has 2 aromatic rings. The Bertz CT molecular complexity index is 1380. The largest absolute Gasteiger partial charge is 0.358 e. The highest BCUT2D eigenvalue weighted by molar-refractivity contribution is 5.73. The maximum absolute atomic E-state index is 4.30. The first-order valence-electron chi connectivity index (χ1n) is 16.0. The summed E-state index contributed by atoms with van der Waals surface area (Å²) < 4.78 is 0. The molecule has 0 saturated carbocycles. The third kappa shape index (κ3) is 9.41. The number of para-hydroxylation sites is 2. The lowest BCUT2D eigenvalue weighted by Crippen LogP contribution is -2.68. The summed E-state index contributed by atoms with van der Waals surface area (Å²) in [5.41, 5.74) is 10.1. The van der Waals surface area contributed by atoms with Gasteiger partial charge in [0.15, 0.2) is 6.21 Å². The minimum atomic E-state index is 0.0289. The first kappa shape index (κ1) is 34.3. The number of benzene rings is 2. The van der Waals surface area contributed by atoms with Gasteiger partial charge in [0.1, 0.15) is 6.54 Å². The van der Waals surface area contributed by atoms with Crippen LogP contribution in [0.2, 0.25) is 0 Å². The van der Waals surface area contributed by atoms with Crippen molar-refractivity contribution in [1.29, 1.82) is 0 Å². The SMILES string of the molecule is CCCN=C/C=C(C)/C=C/C=C1/Nc2ccccc2C1(C)C.CCC[NH+]=C/C=C(C)/C=C/C=C1/Nc2ccccc2C1(C)C. The fourth-order valence-corrected chi connectivity index (χ4v) is 5.16. The van der Waals surface area contributed by atoms with E-state index in [-0.39, 0.29) is 10.8 Å². The van der Waals surface area contributed by atoms with Gasteiger partial charge in [-0.05, 0) is 72.9 Å². The number of rotatable bonds is 10. The molecule has 0 atom stereocenters. The van der Waals surface area contributed by atoms with Gasteiger partial charge in [-0.15, -0.1) is 0 Å². The van der Waals surface area contributed by atoms with Crippen LogP contribution in [0.3, 0.4) is 0 Å². The smallest absolute Gasteiger partial charge is 0.161 e. The van der Waals surface area contributed by atoms with Crippen molar-refractivity contribution in [1.82, 2.24) is 0 Å². The van der Waals surface area contributed by atoms with Crippen molar-refractivity contribution in [3.8, 4) is 0 Å². The van der Waals surface area contributed by atoms with Gasteiger partial charge in [0, 0.05) is 58.9 Å². The molecule has 3 N–H and O–H groups in total. The van der Waals surface area contributed by atoms with Crippen LogP contribution in [0.4, 0.5) is 11.4 Å². The third-order valence-corrected chi connectivity index (χ3v) is 7.98. The molecule has 2 heterocycles. The number of nitrogens with zero attached hydrogens (tertiary/aromatic N) is 1. The van der Waals surface area contributed by atoms with E-state index in [1.165, 1.54) is 45.0 Å². The molecule has 2 aliphatic rings. The van der Waals surface area contributed by atoms with Gasteiger partial charge in [0.2, 0.25) is 0 Å². The predicted molar refractivity (Wildman–Crippen MR) is 194 cm³/mol. The highest BCUT2D eigenvalue weighted by Gasteiger charge is 2.34. The summed E-state index contributed by atoms with van der Waals surface area (Å²) in [6, 6.07) is 17.0. The quantitative estimate of drug-likeness (QED) is 0.192. The standard InChI is InChI=1S/2C20H26N2/c2*1-5-14-21-15-13-16(2)9-8-12-19-20(3,4)17-10-6-7-11-18(17)22-19/h2*6-13,15,22H,5,14H2,1-4H3/p+1/b2*9-8+,16-13+,19-12+,21-15?. The average Bonchev–Trinajstić information content (AvgIpc) is 3.42. The topological polar surface area (TPSA) is 50.4 Å². The summed E-state index contributed by atoms with van der Waals surface area (Å²) in [6.45, 7) is 19.5. The van der Waals surface area contributed by atoms with Crippen LogP contribution in [-0.2, 0) is 10.8 Å². The number of aliphatic imine (C=N–C) groups is 1. The van der Waals surface area contributed by atoms with Crippen LogP contribution in [0, 0.1) is 0 Å². The first-order chi connectivity index (χ1) is 21.1. The number of anilines is 2. The second kappa shape index (κ2) is 16.6. The number of hydrogen-bond acceptors (Lipinski definition) is 3. The summed E-state index contributed by atoms with van der Waals surface area (Å²) in [5.74, 6) is 0. The zero-order chi connectivity index (χ0) is 32.0. The van der Waals surface area contributed by atoms with Crippen LogP contribution in [0.15, 0.2) is 125 Å². The number of nitrogens with one attached hydrogen (secondary N) is 3. The van der Waals surface area contributed by atoms with Crippen LogP contribution in [0.25, 0.3) is 0 Å². The molecular weight excluding hydrogens is 536 g/mol. The molecule has 4 heteroatoms. The Labute approximate surface area is 266 Å². The van der Waals surface area contributed by atoms with Crippen molar-refractivity contribution in [2.45, 2.75) is 79.1 Å². The van der Waals surface area contributed by atoms with E-state index in [1.54, 1.807) is 0 Å². The summed E-state index contributed by atoms with van der Waals surface area (Å²) in [4.78, 5) is 7.56. The maximum atomic E-state index is 4.30. The maximum Gasteiger partial charge on any atom is 0.161 e. The molecule has 0 aromatic heterocycles.